The quantitative estimate of drug-likeness (QED) is 0.797. The molecule has 3 heterocycles. The molecule has 0 aromatic rings. The van der Waals surface area contributed by atoms with E-state index in [0.717, 1.165) is 77.7 Å². The molecule has 3 rings (SSSR count). The largest absolute Gasteiger partial charge is 0.342 e. The van der Waals surface area contributed by atoms with Crippen LogP contribution < -0.4 is 0 Å². The van der Waals surface area contributed by atoms with E-state index in [0.29, 0.717) is 6.54 Å². The highest BCUT2D eigenvalue weighted by atomic mass is 16.2. The van der Waals surface area contributed by atoms with Crippen LogP contribution in [0, 0.1) is 0 Å². The first-order chi connectivity index (χ1) is 11.3. The van der Waals surface area contributed by atoms with Crippen LogP contribution in [0.1, 0.15) is 57.8 Å². The molecule has 3 aliphatic heterocycles. The molecule has 3 saturated heterocycles. The SMILES string of the molecule is O=C(CN1CCCC[C@@H]1C(=O)N1CCCC1)N1CCCCCC1. The highest BCUT2D eigenvalue weighted by molar-refractivity contribution is 5.84. The topological polar surface area (TPSA) is 43.9 Å². The zero-order chi connectivity index (χ0) is 16.1. The Morgan fingerprint density at radius 1 is 0.696 bits per heavy atom. The van der Waals surface area contributed by atoms with Gasteiger partial charge in [0.15, 0.2) is 0 Å². The van der Waals surface area contributed by atoms with Crippen LogP contribution in [-0.2, 0) is 9.59 Å². The van der Waals surface area contributed by atoms with Crippen molar-refractivity contribution in [1.29, 1.82) is 0 Å². The Kier molecular flexibility index (Phi) is 5.92. The number of nitrogens with zero attached hydrogens (tertiary/aromatic N) is 3. The van der Waals surface area contributed by atoms with Gasteiger partial charge in [-0.15, -0.1) is 0 Å². The fourth-order valence-electron chi connectivity index (χ4n) is 4.20. The van der Waals surface area contributed by atoms with Gasteiger partial charge < -0.3 is 9.80 Å². The van der Waals surface area contributed by atoms with Crippen LogP contribution in [0.15, 0.2) is 0 Å². The number of likely N-dealkylation sites (tertiary alicyclic amines) is 3. The Bertz CT molecular complexity index is 412. The maximum absolute atomic E-state index is 12.8. The third-order valence-electron chi connectivity index (χ3n) is 5.61. The Labute approximate surface area is 140 Å². The van der Waals surface area contributed by atoms with Gasteiger partial charge in [-0.2, -0.15) is 0 Å². The molecule has 0 spiro atoms. The van der Waals surface area contributed by atoms with Gasteiger partial charge in [-0.05, 0) is 45.1 Å². The van der Waals surface area contributed by atoms with Crippen molar-refractivity contribution in [3.05, 3.63) is 0 Å². The molecule has 23 heavy (non-hydrogen) atoms. The molecule has 1 atom stereocenters. The molecule has 2 amide bonds. The third kappa shape index (κ3) is 4.25. The summed E-state index contributed by atoms with van der Waals surface area (Å²) in [5.74, 6) is 0.499. The normalized spacial score (nSPS) is 27.0. The highest BCUT2D eigenvalue weighted by Gasteiger charge is 2.34. The summed E-state index contributed by atoms with van der Waals surface area (Å²) < 4.78 is 0. The summed E-state index contributed by atoms with van der Waals surface area (Å²) in [7, 11) is 0. The average Bonchev–Trinajstić information content (AvgIpc) is 2.97. The molecule has 0 aliphatic carbocycles. The van der Waals surface area contributed by atoms with Gasteiger partial charge in [0.1, 0.15) is 0 Å². The van der Waals surface area contributed by atoms with Gasteiger partial charge in [-0.1, -0.05) is 19.3 Å². The van der Waals surface area contributed by atoms with Crippen molar-refractivity contribution in [2.24, 2.45) is 0 Å². The lowest BCUT2D eigenvalue weighted by molar-refractivity contribution is -0.140. The molecule has 0 aromatic carbocycles. The number of piperidine rings is 1. The fourth-order valence-corrected chi connectivity index (χ4v) is 4.20. The van der Waals surface area contributed by atoms with Crippen LogP contribution in [0.2, 0.25) is 0 Å². The van der Waals surface area contributed by atoms with E-state index in [1.165, 1.54) is 12.8 Å². The summed E-state index contributed by atoms with van der Waals surface area (Å²) in [6, 6.07) is -0.0576. The highest BCUT2D eigenvalue weighted by Crippen LogP contribution is 2.21. The second-order valence-electron chi connectivity index (χ2n) is 7.31. The third-order valence-corrected chi connectivity index (χ3v) is 5.61. The number of amides is 2. The predicted molar refractivity (Wildman–Crippen MR) is 90.1 cm³/mol. The van der Waals surface area contributed by atoms with E-state index in [1.807, 2.05) is 9.80 Å². The lowest BCUT2D eigenvalue weighted by atomic mass is 10.0. The maximum atomic E-state index is 12.8. The van der Waals surface area contributed by atoms with Crippen LogP contribution in [0.4, 0.5) is 0 Å². The average molecular weight is 321 g/mol. The molecule has 0 radical (unpaired) electrons. The summed E-state index contributed by atoms with van der Waals surface area (Å²) >= 11 is 0. The summed E-state index contributed by atoms with van der Waals surface area (Å²) in [4.78, 5) is 31.7. The van der Waals surface area contributed by atoms with E-state index < -0.39 is 0 Å². The second kappa shape index (κ2) is 8.13. The first kappa shape index (κ1) is 16.7. The van der Waals surface area contributed by atoms with Crippen LogP contribution in [0.3, 0.4) is 0 Å². The van der Waals surface area contributed by atoms with Crippen LogP contribution in [-0.4, -0.2) is 71.8 Å². The Balaban J connectivity index is 1.59. The Morgan fingerprint density at radius 3 is 1.96 bits per heavy atom. The Hall–Kier alpha value is -1.10. The summed E-state index contributed by atoms with van der Waals surface area (Å²) in [5, 5.41) is 0. The van der Waals surface area contributed by atoms with E-state index >= 15 is 0 Å². The van der Waals surface area contributed by atoms with Gasteiger partial charge in [-0.25, -0.2) is 0 Å². The minimum atomic E-state index is -0.0576. The molecule has 0 bridgehead atoms. The summed E-state index contributed by atoms with van der Waals surface area (Å²) in [6.07, 6.45) is 10.1. The molecule has 0 N–H and O–H groups in total. The van der Waals surface area contributed by atoms with E-state index in [-0.39, 0.29) is 17.9 Å². The molecule has 0 aromatic heterocycles. The van der Waals surface area contributed by atoms with Crippen molar-refractivity contribution in [3.63, 3.8) is 0 Å². The summed E-state index contributed by atoms with van der Waals surface area (Å²) in [5.41, 5.74) is 0. The van der Waals surface area contributed by atoms with E-state index in [2.05, 4.69) is 4.90 Å². The molecular formula is C18H31N3O2. The van der Waals surface area contributed by atoms with Crippen LogP contribution in [0.5, 0.6) is 0 Å². The van der Waals surface area contributed by atoms with Gasteiger partial charge >= 0.3 is 0 Å². The van der Waals surface area contributed by atoms with E-state index in [1.54, 1.807) is 0 Å². The van der Waals surface area contributed by atoms with Crippen molar-refractivity contribution in [1.82, 2.24) is 14.7 Å². The van der Waals surface area contributed by atoms with Crippen LogP contribution >= 0.6 is 0 Å². The number of carbonyl (C=O) groups excluding carboxylic acids is 2. The first-order valence-electron chi connectivity index (χ1n) is 9.56. The number of rotatable bonds is 3. The fraction of sp³-hybridized carbons (Fsp3) is 0.889. The van der Waals surface area contributed by atoms with Gasteiger partial charge in [0.05, 0.1) is 12.6 Å². The standard InChI is InChI=1S/C18H31N3O2/c22-17(19-10-4-1-2-5-11-19)15-21-14-6-3-9-16(21)18(23)20-12-7-8-13-20/h16H,1-15H2/t16-/m1/s1. The number of carbonyl (C=O) groups is 2. The van der Waals surface area contributed by atoms with Gasteiger partial charge in [0.2, 0.25) is 11.8 Å². The molecule has 3 fully saturated rings. The van der Waals surface area contributed by atoms with Crippen LogP contribution in [0.25, 0.3) is 0 Å². The number of hydrogen-bond donors (Lipinski definition) is 0. The predicted octanol–water partition coefficient (Wildman–Crippen LogP) is 1.87. The second-order valence-corrected chi connectivity index (χ2v) is 7.31. The Morgan fingerprint density at radius 2 is 1.26 bits per heavy atom. The smallest absolute Gasteiger partial charge is 0.239 e. The molecule has 0 unspecified atom stereocenters. The monoisotopic (exact) mass is 321 g/mol. The van der Waals surface area contributed by atoms with Crippen molar-refractivity contribution in [2.75, 3.05) is 39.3 Å². The van der Waals surface area contributed by atoms with Gasteiger partial charge in [0, 0.05) is 26.2 Å². The van der Waals surface area contributed by atoms with Crippen molar-refractivity contribution < 1.29 is 9.59 Å². The van der Waals surface area contributed by atoms with Crippen molar-refractivity contribution in [2.45, 2.75) is 63.8 Å². The molecule has 5 heteroatoms. The zero-order valence-electron chi connectivity index (χ0n) is 14.3. The van der Waals surface area contributed by atoms with Crippen molar-refractivity contribution in [3.8, 4) is 0 Å². The maximum Gasteiger partial charge on any atom is 0.239 e. The van der Waals surface area contributed by atoms with Crippen molar-refractivity contribution >= 4 is 11.8 Å². The van der Waals surface area contributed by atoms with Gasteiger partial charge in [0.25, 0.3) is 0 Å². The zero-order valence-corrected chi connectivity index (χ0v) is 14.3. The van der Waals surface area contributed by atoms with E-state index in [4.69, 9.17) is 0 Å². The lowest BCUT2D eigenvalue weighted by Gasteiger charge is -2.37. The molecular weight excluding hydrogens is 290 g/mol. The minimum Gasteiger partial charge on any atom is -0.342 e. The van der Waals surface area contributed by atoms with E-state index in [9.17, 15) is 9.59 Å². The van der Waals surface area contributed by atoms with Gasteiger partial charge in [-0.3, -0.25) is 14.5 Å². The number of hydrogen-bond acceptors (Lipinski definition) is 3. The molecule has 130 valence electrons. The summed E-state index contributed by atoms with van der Waals surface area (Å²) in [6.45, 7) is 4.94. The lowest BCUT2D eigenvalue weighted by Crippen LogP contribution is -2.53. The molecule has 0 saturated carbocycles. The first-order valence-corrected chi connectivity index (χ1v) is 9.56. The molecule has 3 aliphatic rings. The molecule has 5 nitrogen and oxygen atoms in total. The minimum absolute atomic E-state index is 0.0576.